The lowest BCUT2D eigenvalue weighted by atomic mass is 10.0. The Balaban J connectivity index is 1.96. The predicted molar refractivity (Wildman–Crippen MR) is 118 cm³/mol. The molecule has 2 aromatic rings. The number of aliphatic carboxylic acids is 1. The van der Waals surface area contributed by atoms with Crippen LogP contribution in [0.4, 0.5) is 0 Å². The van der Waals surface area contributed by atoms with Gasteiger partial charge in [-0.2, -0.15) is 0 Å². The zero-order chi connectivity index (χ0) is 23.7. The van der Waals surface area contributed by atoms with E-state index in [1.165, 1.54) is 0 Å². The van der Waals surface area contributed by atoms with Crippen LogP contribution in [0.3, 0.4) is 0 Å². The van der Waals surface area contributed by atoms with Crippen molar-refractivity contribution in [2.45, 2.75) is 37.4 Å². The number of carbonyl (C=O) groups excluding carboxylic acids is 2. The first kappa shape index (κ1) is 24.6. The number of para-hydroxylation sites is 1. The Morgan fingerprint density at radius 2 is 1.78 bits per heavy atom. The fourth-order valence-electron chi connectivity index (χ4n) is 3.12. The summed E-state index contributed by atoms with van der Waals surface area (Å²) >= 11 is 0. The summed E-state index contributed by atoms with van der Waals surface area (Å²) in [5, 5.41) is 24.6. The number of H-pyrrole nitrogens is 1. The van der Waals surface area contributed by atoms with Gasteiger partial charge in [0, 0.05) is 30.1 Å². The number of carbonyl (C=O) groups is 3. The van der Waals surface area contributed by atoms with Crippen LogP contribution < -0.4 is 27.8 Å². The molecule has 0 saturated carbocycles. The monoisotopic (exact) mass is 447 g/mol. The van der Waals surface area contributed by atoms with E-state index in [4.69, 9.17) is 17.2 Å². The number of rotatable bonds is 12. The van der Waals surface area contributed by atoms with Crippen LogP contribution in [0.2, 0.25) is 0 Å². The first-order valence-corrected chi connectivity index (χ1v) is 10.0. The smallest absolute Gasteiger partial charge is 0.326 e. The lowest BCUT2D eigenvalue weighted by Gasteiger charge is -2.21. The van der Waals surface area contributed by atoms with Gasteiger partial charge < -0.3 is 43.0 Å². The third kappa shape index (κ3) is 6.96. The Bertz CT molecular complexity index is 970. The summed E-state index contributed by atoms with van der Waals surface area (Å²) < 4.78 is 0. The van der Waals surface area contributed by atoms with Gasteiger partial charge in [-0.05, 0) is 24.5 Å². The summed E-state index contributed by atoms with van der Waals surface area (Å²) in [7, 11) is 0. The molecule has 0 unspecified atom stereocenters. The molecule has 0 bridgehead atoms. The first-order valence-electron chi connectivity index (χ1n) is 10.0. The lowest BCUT2D eigenvalue weighted by molar-refractivity contribution is -0.142. The number of amides is 2. The molecule has 0 aliphatic carbocycles. The number of benzene rings is 1. The maximum Gasteiger partial charge on any atom is 0.326 e. The SMILES string of the molecule is NC(N)=NCCC[C@H](N)C(=O)N[C@@H](CO)C(=O)N[C@@H](Cc1c[nH]c2ccccc12)C(=O)O. The Hall–Kier alpha value is -3.64. The third-order valence-electron chi connectivity index (χ3n) is 4.83. The van der Waals surface area contributed by atoms with Gasteiger partial charge in [-0.3, -0.25) is 14.6 Å². The van der Waals surface area contributed by atoms with E-state index in [2.05, 4.69) is 20.6 Å². The number of aromatic amines is 1. The molecule has 11 N–H and O–H groups in total. The van der Waals surface area contributed by atoms with Crippen molar-refractivity contribution in [2.24, 2.45) is 22.2 Å². The minimum absolute atomic E-state index is 0.0154. The van der Waals surface area contributed by atoms with Crippen LogP contribution in [0.1, 0.15) is 18.4 Å². The van der Waals surface area contributed by atoms with Crippen LogP contribution in [0.25, 0.3) is 10.9 Å². The molecule has 0 spiro atoms. The van der Waals surface area contributed by atoms with E-state index in [1.807, 2.05) is 24.3 Å². The number of hydrogen-bond acceptors (Lipinski definition) is 6. The molecule has 0 saturated heterocycles. The van der Waals surface area contributed by atoms with E-state index in [1.54, 1.807) is 6.20 Å². The average Bonchev–Trinajstić information content (AvgIpc) is 3.16. The summed E-state index contributed by atoms with van der Waals surface area (Å²) in [5.41, 5.74) is 17.8. The van der Waals surface area contributed by atoms with Gasteiger partial charge in [-0.15, -0.1) is 0 Å². The summed E-state index contributed by atoms with van der Waals surface area (Å²) in [6.07, 6.45) is 2.38. The van der Waals surface area contributed by atoms with E-state index < -0.39 is 42.5 Å². The zero-order valence-corrected chi connectivity index (χ0v) is 17.5. The number of aliphatic imine (C=N–C) groups is 1. The summed E-state index contributed by atoms with van der Waals surface area (Å²) in [6, 6.07) is 3.80. The molecule has 3 atom stereocenters. The summed E-state index contributed by atoms with van der Waals surface area (Å²) in [5.74, 6) is -2.81. The normalized spacial score (nSPS) is 13.7. The maximum atomic E-state index is 12.5. The van der Waals surface area contributed by atoms with Gasteiger partial charge in [0.05, 0.1) is 12.6 Å². The molecule has 12 heteroatoms. The predicted octanol–water partition coefficient (Wildman–Crippen LogP) is -1.86. The van der Waals surface area contributed by atoms with Crippen molar-refractivity contribution in [2.75, 3.05) is 13.2 Å². The van der Waals surface area contributed by atoms with Crippen LogP contribution >= 0.6 is 0 Å². The van der Waals surface area contributed by atoms with E-state index in [0.717, 1.165) is 10.9 Å². The molecular weight excluding hydrogens is 418 g/mol. The number of carboxylic acid groups (broad SMARTS) is 1. The highest BCUT2D eigenvalue weighted by Crippen LogP contribution is 2.19. The van der Waals surface area contributed by atoms with Crippen molar-refractivity contribution in [1.82, 2.24) is 15.6 Å². The van der Waals surface area contributed by atoms with Gasteiger partial charge in [-0.25, -0.2) is 4.79 Å². The van der Waals surface area contributed by atoms with Crippen molar-refractivity contribution in [3.8, 4) is 0 Å². The molecule has 0 aliphatic rings. The van der Waals surface area contributed by atoms with Crippen molar-refractivity contribution < 1.29 is 24.6 Å². The summed E-state index contributed by atoms with van der Waals surface area (Å²) in [6.45, 7) is -0.431. The molecule has 1 aromatic heterocycles. The number of carboxylic acids is 1. The Kier molecular flexibility index (Phi) is 8.98. The molecule has 32 heavy (non-hydrogen) atoms. The number of guanidine groups is 1. The standard InChI is InChI=1S/C20H29N7O5/c21-13(5-3-7-24-20(22)23)17(29)27-16(10-28)18(30)26-15(19(31)32)8-11-9-25-14-6-2-1-4-12(11)14/h1-2,4,6,9,13,15-16,25,28H,3,5,7-8,10,21H2,(H,26,30)(H,27,29)(H,31,32)(H4,22,23,24)/t13-,15-,16-/m0/s1. The minimum Gasteiger partial charge on any atom is -0.480 e. The fourth-order valence-corrected chi connectivity index (χ4v) is 3.12. The van der Waals surface area contributed by atoms with Crippen molar-refractivity contribution in [1.29, 1.82) is 0 Å². The number of hydrogen-bond donors (Lipinski definition) is 8. The van der Waals surface area contributed by atoms with Crippen molar-refractivity contribution in [3.63, 3.8) is 0 Å². The van der Waals surface area contributed by atoms with Gasteiger partial charge in [-0.1, -0.05) is 18.2 Å². The Morgan fingerprint density at radius 1 is 1.09 bits per heavy atom. The van der Waals surface area contributed by atoms with Crippen molar-refractivity contribution in [3.05, 3.63) is 36.0 Å². The molecule has 1 heterocycles. The molecule has 12 nitrogen and oxygen atoms in total. The van der Waals surface area contributed by atoms with E-state index in [-0.39, 0.29) is 18.8 Å². The highest BCUT2D eigenvalue weighted by molar-refractivity contribution is 5.92. The number of fused-ring (bicyclic) bond motifs is 1. The van der Waals surface area contributed by atoms with Crippen molar-refractivity contribution >= 4 is 34.6 Å². The molecule has 2 rings (SSSR count). The molecule has 2 amide bonds. The van der Waals surface area contributed by atoms with Gasteiger partial charge in [0.2, 0.25) is 11.8 Å². The van der Waals surface area contributed by atoms with Crippen LogP contribution in [0.5, 0.6) is 0 Å². The molecule has 0 aliphatic heterocycles. The third-order valence-corrected chi connectivity index (χ3v) is 4.83. The largest absolute Gasteiger partial charge is 0.480 e. The quantitative estimate of drug-likeness (QED) is 0.104. The topological polar surface area (TPSA) is 222 Å². The van der Waals surface area contributed by atoms with Gasteiger partial charge in [0.1, 0.15) is 12.1 Å². The minimum atomic E-state index is -1.35. The molecule has 0 radical (unpaired) electrons. The molecule has 0 fully saturated rings. The average molecular weight is 447 g/mol. The second-order valence-corrected chi connectivity index (χ2v) is 7.26. The van der Waals surface area contributed by atoms with E-state index in [9.17, 15) is 24.6 Å². The number of aliphatic hydroxyl groups excluding tert-OH is 1. The molecule has 1 aromatic carbocycles. The van der Waals surface area contributed by atoms with Crippen LogP contribution in [-0.2, 0) is 20.8 Å². The van der Waals surface area contributed by atoms with Crippen LogP contribution in [0.15, 0.2) is 35.5 Å². The highest BCUT2D eigenvalue weighted by Gasteiger charge is 2.28. The summed E-state index contributed by atoms with van der Waals surface area (Å²) in [4.78, 5) is 43.3. The molecule has 174 valence electrons. The van der Waals surface area contributed by atoms with Crippen LogP contribution in [-0.4, -0.2) is 70.2 Å². The lowest BCUT2D eigenvalue weighted by Crippen LogP contribution is -2.56. The number of nitrogens with two attached hydrogens (primary N) is 3. The van der Waals surface area contributed by atoms with E-state index in [0.29, 0.717) is 18.5 Å². The second kappa shape index (κ2) is 11.7. The van der Waals surface area contributed by atoms with E-state index >= 15 is 0 Å². The second-order valence-electron chi connectivity index (χ2n) is 7.26. The van der Waals surface area contributed by atoms with Gasteiger partial charge in [0.25, 0.3) is 0 Å². The number of aliphatic hydroxyl groups is 1. The molecular formula is C20H29N7O5. The number of aromatic nitrogens is 1. The highest BCUT2D eigenvalue weighted by atomic mass is 16.4. The number of nitrogens with zero attached hydrogens (tertiary/aromatic N) is 1. The fraction of sp³-hybridized carbons (Fsp3) is 0.400. The zero-order valence-electron chi connectivity index (χ0n) is 17.5. The van der Waals surface area contributed by atoms with Gasteiger partial charge >= 0.3 is 5.97 Å². The van der Waals surface area contributed by atoms with Crippen LogP contribution in [0, 0.1) is 0 Å². The Morgan fingerprint density at radius 3 is 2.44 bits per heavy atom. The Labute approximate surface area is 184 Å². The van der Waals surface area contributed by atoms with Gasteiger partial charge in [0.15, 0.2) is 5.96 Å². The first-order chi connectivity index (χ1) is 15.2. The maximum absolute atomic E-state index is 12.5. The number of nitrogens with one attached hydrogen (secondary N) is 3.